The topological polar surface area (TPSA) is 84.7 Å². The van der Waals surface area contributed by atoms with Crippen LogP contribution in [0.4, 0.5) is 5.69 Å². The lowest BCUT2D eigenvalue weighted by molar-refractivity contribution is 0.307. The minimum Gasteiger partial charge on any atom is -0.507 e. The zero-order chi connectivity index (χ0) is 26.8. The van der Waals surface area contributed by atoms with E-state index in [1.54, 1.807) is 12.3 Å². The van der Waals surface area contributed by atoms with Crippen molar-refractivity contribution in [1.82, 2.24) is 14.9 Å². The molecule has 4 aromatic carbocycles. The van der Waals surface area contributed by atoms with Crippen LogP contribution in [0.25, 0.3) is 22.4 Å². The molecular weight excluding hydrogens is 587 g/mol. The van der Waals surface area contributed by atoms with Gasteiger partial charge in [0.25, 0.3) is 0 Å². The third-order valence-corrected chi connectivity index (χ3v) is 7.03. The second-order valence-electron chi connectivity index (χ2n) is 8.95. The standard InChI is InChI=1S/C29H23BrCl2N4O2/c1-36(16-19-12-21(31)13-23(32)28(19)38)15-18-11-20(30)10-17(27(18)37)14-33-24-7-3-2-6-22(24)29-34-25-8-4-5-9-26(25)35-29/h2-14,37-38H,15-16H2,1H3,(H,34,35). The lowest BCUT2D eigenvalue weighted by Gasteiger charge is -2.19. The Morgan fingerprint density at radius 2 is 1.66 bits per heavy atom. The highest BCUT2D eigenvalue weighted by Gasteiger charge is 2.15. The van der Waals surface area contributed by atoms with Crippen LogP contribution in [0.1, 0.15) is 16.7 Å². The van der Waals surface area contributed by atoms with Crippen LogP contribution in [0, 0.1) is 0 Å². The maximum absolute atomic E-state index is 11.1. The third-order valence-electron chi connectivity index (χ3n) is 6.06. The number of para-hydroxylation sites is 3. The number of phenolic OH excluding ortho intramolecular Hbond substituents is 2. The molecule has 0 fully saturated rings. The predicted molar refractivity (Wildman–Crippen MR) is 158 cm³/mol. The minimum absolute atomic E-state index is 0.00248. The SMILES string of the molecule is CN(Cc1cc(Cl)cc(Cl)c1O)Cc1cc(Br)cc(C=Nc2ccccc2-c2nc3ccccc3[nH]2)c1O. The number of rotatable bonds is 7. The number of hydrogen-bond donors (Lipinski definition) is 3. The van der Waals surface area contributed by atoms with E-state index in [9.17, 15) is 10.2 Å². The molecule has 0 aliphatic carbocycles. The fourth-order valence-electron chi connectivity index (χ4n) is 4.28. The van der Waals surface area contributed by atoms with Crippen molar-refractivity contribution in [3.8, 4) is 22.9 Å². The summed E-state index contributed by atoms with van der Waals surface area (Å²) in [4.78, 5) is 14.7. The maximum atomic E-state index is 11.1. The van der Waals surface area contributed by atoms with Crippen molar-refractivity contribution in [3.05, 3.63) is 104 Å². The number of aliphatic imine (C=N–C) groups is 1. The number of aromatic nitrogens is 2. The first-order valence-electron chi connectivity index (χ1n) is 11.7. The molecule has 38 heavy (non-hydrogen) atoms. The molecule has 0 spiro atoms. The number of imidazole rings is 1. The molecule has 192 valence electrons. The number of aromatic hydroxyl groups is 2. The van der Waals surface area contributed by atoms with Crippen molar-refractivity contribution in [2.45, 2.75) is 13.1 Å². The highest BCUT2D eigenvalue weighted by molar-refractivity contribution is 9.10. The molecule has 0 unspecified atom stereocenters. The van der Waals surface area contributed by atoms with E-state index < -0.39 is 0 Å². The molecule has 3 N–H and O–H groups in total. The number of fused-ring (bicyclic) bond motifs is 1. The summed E-state index contributed by atoms with van der Waals surface area (Å²) in [6.45, 7) is 0.789. The summed E-state index contributed by atoms with van der Waals surface area (Å²) >= 11 is 15.7. The molecule has 5 aromatic rings. The molecule has 0 amide bonds. The van der Waals surface area contributed by atoms with Crippen molar-refractivity contribution in [3.63, 3.8) is 0 Å². The summed E-state index contributed by atoms with van der Waals surface area (Å²) in [7, 11) is 1.88. The highest BCUT2D eigenvalue weighted by atomic mass is 79.9. The molecule has 0 aliphatic rings. The van der Waals surface area contributed by atoms with Gasteiger partial charge in [0.1, 0.15) is 17.3 Å². The van der Waals surface area contributed by atoms with Gasteiger partial charge in [-0.3, -0.25) is 9.89 Å². The van der Waals surface area contributed by atoms with Gasteiger partial charge in [0, 0.05) is 51.1 Å². The minimum atomic E-state index is -0.00248. The van der Waals surface area contributed by atoms with Crippen LogP contribution in [-0.2, 0) is 13.1 Å². The average Bonchev–Trinajstić information content (AvgIpc) is 3.32. The van der Waals surface area contributed by atoms with Crippen molar-refractivity contribution in [2.24, 2.45) is 4.99 Å². The van der Waals surface area contributed by atoms with Gasteiger partial charge in [-0.2, -0.15) is 0 Å². The fraction of sp³-hybridized carbons (Fsp3) is 0.103. The number of nitrogens with one attached hydrogen (secondary N) is 1. The van der Waals surface area contributed by atoms with Crippen LogP contribution in [0.15, 0.2) is 82.3 Å². The summed E-state index contributed by atoms with van der Waals surface area (Å²) in [5.41, 5.74) is 5.27. The Kier molecular flexibility index (Phi) is 7.72. The summed E-state index contributed by atoms with van der Waals surface area (Å²) < 4.78 is 0.805. The summed E-state index contributed by atoms with van der Waals surface area (Å²) in [5.74, 6) is 0.847. The second kappa shape index (κ2) is 11.2. The van der Waals surface area contributed by atoms with Gasteiger partial charge in [-0.15, -0.1) is 0 Å². The van der Waals surface area contributed by atoms with E-state index in [4.69, 9.17) is 33.2 Å². The molecule has 0 aliphatic heterocycles. The molecule has 1 aromatic heterocycles. The second-order valence-corrected chi connectivity index (χ2v) is 10.7. The van der Waals surface area contributed by atoms with Gasteiger partial charge in [-0.05, 0) is 55.6 Å². The van der Waals surface area contributed by atoms with Crippen molar-refractivity contribution in [1.29, 1.82) is 0 Å². The number of halogens is 3. The maximum Gasteiger partial charge on any atom is 0.140 e. The fourth-order valence-corrected chi connectivity index (χ4v) is 5.34. The third kappa shape index (κ3) is 5.71. The largest absolute Gasteiger partial charge is 0.507 e. The number of phenols is 2. The number of benzene rings is 4. The Bertz CT molecular complexity index is 1640. The van der Waals surface area contributed by atoms with Gasteiger partial charge >= 0.3 is 0 Å². The van der Waals surface area contributed by atoms with Crippen LogP contribution in [0.2, 0.25) is 10.0 Å². The van der Waals surface area contributed by atoms with Crippen LogP contribution < -0.4 is 0 Å². The number of hydrogen-bond acceptors (Lipinski definition) is 5. The van der Waals surface area contributed by atoms with Crippen LogP contribution >= 0.6 is 39.1 Å². The Hall–Kier alpha value is -3.36. The van der Waals surface area contributed by atoms with Crippen molar-refractivity contribution in [2.75, 3.05) is 7.05 Å². The van der Waals surface area contributed by atoms with Crippen LogP contribution in [0.3, 0.4) is 0 Å². The van der Waals surface area contributed by atoms with E-state index in [1.807, 2.05) is 72.6 Å². The van der Waals surface area contributed by atoms with Gasteiger partial charge in [-0.25, -0.2) is 4.98 Å². The molecule has 1 heterocycles. The summed E-state index contributed by atoms with van der Waals surface area (Å²) in [5, 5.41) is 22.0. The lowest BCUT2D eigenvalue weighted by Crippen LogP contribution is -2.17. The van der Waals surface area contributed by atoms with E-state index in [0.29, 0.717) is 34.8 Å². The first-order chi connectivity index (χ1) is 18.3. The molecule has 0 saturated heterocycles. The average molecular weight is 610 g/mol. The Labute approximate surface area is 238 Å². The predicted octanol–water partition coefficient (Wildman–Crippen LogP) is 8.09. The lowest BCUT2D eigenvalue weighted by atomic mass is 10.1. The van der Waals surface area contributed by atoms with Gasteiger partial charge < -0.3 is 15.2 Å². The molecule has 0 bridgehead atoms. The summed E-state index contributed by atoms with van der Waals surface area (Å²) in [6.07, 6.45) is 1.65. The van der Waals surface area contributed by atoms with Crippen molar-refractivity contribution < 1.29 is 10.2 Å². The normalized spacial score (nSPS) is 11.7. The first kappa shape index (κ1) is 26.3. The van der Waals surface area contributed by atoms with Gasteiger partial charge in [0.2, 0.25) is 0 Å². The Morgan fingerprint density at radius 1 is 0.947 bits per heavy atom. The molecule has 0 radical (unpaired) electrons. The Balaban J connectivity index is 1.40. The van der Waals surface area contributed by atoms with Gasteiger partial charge in [0.05, 0.1) is 21.7 Å². The van der Waals surface area contributed by atoms with Gasteiger partial charge in [-0.1, -0.05) is 63.4 Å². The van der Waals surface area contributed by atoms with E-state index in [1.165, 1.54) is 6.07 Å². The zero-order valence-electron chi connectivity index (χ0n) is 20.3. The zero-order valence-corrected chi connectivity index (χ0v) is 23.4. The molecule has 0 saturated carbocycles. The molecule has 5 rings (SSSR count). The quantitative estimate of drug-likeness (QED) is 0.163. The van der Waals surface area contributed by atoms with Crippen LogP contribution in [0.5, 0.6) is 11.5 Å². The number of H-pyrrole nitrogens is 1. The van der Waals surface area contributed by atoms with E-state index in [0.717, 1.165) is 32.6 Å². The van der Waals surface area contributed by atoms with Gasteiger partial charge in [0.15, 0.2) is 0 Å². The van der Waals surface area contributed by atoms with Crippen molar-refractivity contribution >= 4 is 62.1 Å². The van der Waals surface area contributed by atoms with E-state index >= 15 is 0 Å². The van der Waals surface area contributed by atoms with E-state index in [-0.39, 0.29) is 16.5 Å². The molecule has 9 heteroatoms. The molecule has 0 atom stereocenters. The first-order valence-corrected chi connectivity index (χ1v) is 13.3. The smallest absolute Gasteiger partial charge is 0.140 e. The highest BCUT2D eigenvalue weighted by Crippen LogP contribution is 2.34. The van der Waals surface area contributed by atoms with Crippen LogP contribution in [-0.4, -0.2) is 38.3 Å². The molecular formula is C29H23BrCl2N4O2. The van der Waals surface area contributed by atoms with E-state index in [2.05, 4.69) is 20.9 Å². The molecule has 6 nitrogen and oxygen atoms in total. The number of nitrogens with zero attached hydrogens (tertiary/aromatic N) is 3. The monoisotopic (exact) mass is 608 g/mol. The Morgan fingerprint density at radius 3 is 2.45 bits per heavy atom. The summed E-state index contributed by atoms with van der Waals surface area (Å²) in [6, 6.07) is 22.4. The number of aromatic amines is 1.